The summed E-state index contributed by atoms with van der Waals surface area (Å²) in [7, 11) is 2.03. The molecule has 15 heavy (non-hydrogen) atoms. The summed E-state index contributed by atoms with van der Waals surface area (Å²) in [5.74, 6) is 0. The van der Waals surface area contributed by atoms with Crippen LogP contribution in [-0.2, 0) is 6.54 Å². The van der Waals surface area contributed by atoms with Crippen LogP contribution in [0.4, 0.5) is 0 Å². The van der Waals surface area contributed by atoms with E-state index >= 15 is 0 Å². The van der Waals surface area contributed by atoms with E-state index in [1.807, 2.05) is 26.1 Å². The van der Waals surface area contributed by atoms with E-state index in [-0.39, 0.29) is 12.6 Å². The Morgan fingerprint density at radius 3 is 2.73 bits per heavy atom. The van der Waals surface area contributed by atoms with Gasteiger partial charge in [0.1, 0.15) is 0 Å². The van der Waals surface area contributed by atoms with Crippen LogP contribution in [0.2, 0.25) is 0 Å². The molecule has 3 heteroatoms. The Bertz CT molecular complexity index is 327. The van der Waals surface area contributed by atoms with Crippen LogP contribution < -0.4 is 0 Å². The van der Waals surface area contributed by atoms with Crippen LogP contribution in [0.1, 0.15) is 18.1 Å². The van der Waals surface area contributed by atoms with Gasteiger partial charge in [-0.25, -0.2) is 0 Å². The second-order valence-corrected chi connectivity index (χ2v) is 4.83. The van der Waals surface area contributed by atoms with Gasteiger partial charge < -0.3 is 5.11 Å². The minimum Gasteiger partial charge on any atom is -0.395 e. The number of rotatable bonds is 4. The van der Waals surface area contributed by atoms with E-state index in [4.69, 9.17) is 5.11 Å². The highest BCUT2D eigenvalue weighted by Gasteiger charge is 2.10. The number of benzene rings is 1. The van der Waals surface area contributed by atoms with Crippen molar-refractivity contribution in [1.82, 2.24) is 4.90 Å². The van der Waals surface area contributed by atoms with Crippen LogP contribution in [0.25, 0.3) is 0 Å². The first-order valence-corrected chi connectivity index (χ1v) is 5.90. The molecule has 1 unspecified atom stereocenters. The predicted octanol–water partition coefficient (Wildman–Crippen LogP) is 2.57. The van der Waals surface area contributed by atoms with E-state index in [1.54, 1.807) is 0 Å². The van der Waals surface area contributed by atoms with Crippen LogP contribution in [-0.4, -0.2) is 29.7 Å². The topological polar surface area (TPSA) is 23.5 Å². The SMILES string of the molecule is Cc1c(Br)cccc1CN(C)C(C)CO. The molecule has 0 aliphatic heterocycles. The largest absolute Gasteiger partial charge is 0.395 e. The summed E-state index contributed by atoms with van der Waals surface area (Å²) in [5.41, 5.74) is 2.57. The Morgan fingerprint density at radius 2 is 2.13 bits per heavy atom. The Hall–Kier alpha value is -0.380. The maximum absolute atomic E-state index is 9.06. The summed E-state index contributed by atoms with van der Waals surface area (Å²) in [6.45, 7) is 5.20. The Morgan fingerprint density at radius 1 is 1.47 bits per heavy atom. The molecule has 0 aromatic heterocycles. The monoisotopic (exact) mass is 271 g/mol. The summed E-state index contributed by atoms with van der Waals surface area (Å²) in [6.07, 6.45) is 0. The highest BCUT2D eigenvalue weighted by Crippen LogP contribution is 2.20. The third kappa shape index (κ3) is 3.30. The number of halogens is 1. The minimum absolute atomic E-state index is 0.198. The molecule has 0 radical (unpaired) electrons. The van der Waals surface area contributed by atoms with Crippen molar-refractivity contribution in [3.63, 3.8) is 0 Å². The minimum atomic E-state index is 0.198. The van der Waals surface area contributed by atoms with Gasteiger partial charge in [0.2, 0.25) is 0 Å². The van der Waals surface area contributed by atoms with Gasteiger partial charge >= 0.3 is 0 Å². The number of likely N-dealkylation sites (N-methyl/N-ethyl adjacent to an activating group) is 1. The van der Waals surface area contributed by atoms with E-state index in [1.165, 1.54) is 11.1 Å². The van der Waals surface area contributed by atoms with Gasteiger partial charge in [0.05, 0.1) is 6.61 Å². The third-order valence-electron chi connectivity index (χ3n) is 2.82. The van der Waals surface area contributed by atoms with Gasteiger partial charge in [-0.1, -0.05) is 28.1 Å². The molecule has 1 N–H and O–H groups in total. The molecule has 0 aliphatic rings. The molecule has 0 amide bonds. The van der Waals surface area contributed by atoms with E-state index < -0.39 is 0 Å². The molecule has 0 bridgehead atoms. The molecular weight excluding hydrogens is 254 g/mol. The number of aliphatic hydroxyl groups is 1. The van der Waals surface area contributed by atoms with Crippen molar-refractivity contribution in [1.29, 1.82) is 0 Å². The van der Waals surface area contributed by atoms with Crippen molar-refractivity contribution in [2.45, 2.75) is 26.4 Å². The molecule has 0 aliphatic carbocycles. The standard InChI is InChI=1S/C12H18BrNO/c1-9(8-15)14(3)7-11-5-4-6-12(13)10(11)2/h4-6,9,15H,7-8H2,1-3H3. The Balaban J connectivity index is 2.76. The van der Waals surface area contributed by atoms with E-state index in [0.29, 0.717) is 0 Å². The fourth-order valence-electron chi connectivity index (χ4n) is 1.39. The molecular formula is C12H18BrNO. The van der Waals surface area contributed by atoms with Crippen LogP contribution in [0.3, 0.4) is 0 Å². The molecule has 84 valence electrons. The fourth-order valence-corrected chi connectivity index (χ4v) is 1.79. The molecule has 0 saturated carbocycles. The highest BCUT2D eigenvalue weighted by atomic mass is 79.9. The first kappa shape index (κ1) is 12.7. The number of hydrogen-bond donors (Lipinski definition) is 1. The zero-order chi connectivity index (χ0) is 11.4. The van der Waals surface area contributed by atoms with Gasteiger partial charge in [-0.3, -0.25) is 4.90 Å². The third-order valence-corrected chi connectivity index (χ3v) is 3.68. The highest BCUT2D eigenvalue weighted by molar-refractivity contribution is 9.10. The molecule has 0 saturated heterocycles. The molecule has 0 fully saturated rings. The lowest BCUT2D eigenvalue weighted by Gasteiger charge is -2.23. The number of nitrogens with zero attached hydrogens (tertiary/aromatic N) is 1. The van der Waals surface area contributed by atoms with Crippen LogP contribution in [0, 0.1) is 6.92 Å². The van der Waals surface area contributed by atoms with Gasteiger partial charge in [0, 0.05) is 17.1 Å². The van der Waals surface area contributed by atoms with E-state index in [0.717, 1.165) is 11.0 Å². The second-order valence-electron chi connectivity index (χ2n) is 3.97. The van der Waals surface area contributed by atoms with Crippen LogP contribution in [0.15, 0.2) is 22.7 Å². The van der Waals surface area contributed by atoms with Gasteiger partial charge in [-0.2, -0.15) is 0 Å². The molecule has 1 atom stereocenters. The van der Waals surface area contributed by atoms with Gasteiger partial charge in [-0.15, -0.1) is 0 Å². The number of hydrogen-bond acceptors (Lipinski definition) is 2. The lowest BCUT2D eigenvalue weighted by Crippen LogP contribution is -2.31. The average Bonchev–Trinajstić information content (AvgIpc) is 2.23. The summed E-state index contributed by atoms with van der Waals surface area (Å²) >= 11 is 3.52. The normalized spacial score (nSPS) is 13.2. The van der Waals surface area contributed by atoms with E-state index in [9.17, 15) is 0 Å². The molecule has 1 rings (SSSR count). The van der Waals surface area contributed by atoms with Crippen LogP contribution >= 0.6 is 15.9 Å². The fraction of sp³-hybridized carbons (Fsp3) is 0.500. The Labute approximate surface area is 100 Å². The molecule has 0 heterocycles. The summed E-state index contributed by atoms with van der Waals surface area (Å²) in [6, 6.07) is 6.42. The Kier molecular flexibility index (Phi) is 4.77. The van der Waals surface area contributed by atoms with Crippen molar-refractivity contribution in [3.8, 4) is 0 Å². The zero-order valence-corrected chi connectivity index (χ0v) is 11.1. The predicted molar refractivity (Wildman–Crippen MR) is 66.9 cm³/mol. The van der Waals surface area contributed by atoms with Crippen molar-refractivity contribution in [2.75, 3.05) is 13.7 Å². The molecule has 0 spiro atoms. The summed E-state index contributed by atoms with van der Waals surface area (Å²) < 4.78 is 1.14. The summed E-state index contributed by atoms with van der Waals surface area (Å²) in [5, 5.41) is 9.06. The lowest BCUT2D eigenvalue weighted by atomic mass is 10.1. The van der Waals surface area contributed by atoms with E-state index in [2.05, 4.69) is 33.8 Å². The average molecular weight is 272 g/mol. The van der Waals surface area contributed by atoms with Crippen molar-refractivity contribution in [3.05, 3.63) is 33.8 Å². The lowest BCUT2D eigenvalue weighted by molar-refractivity contribution is 0.154. The molecule has 1 aromatic rings. The van der Waals surface area contributed by atoms with Gasteiger partial charge in [0.15, 0.2) is 0 Å². The second kappa shape index (κ2) is 5.64. The van der Waals surface area contributed by atoms with Gasteiger partial charge in [-0.05, 0) is 38.1 Å². The van der Waals surface area contributed by atoms with Gasteiger partial charge in [0.25, 0.3) is 0 Å². The smallest absolute Gasteiger partial charge is 0.0584 e. The quantitative estimate of drug-likeness (QED) is 0.910. The molecule has 2 nitrogen and oxygen atoms in total. The van der Waals surface area contributed by atoms with Crippen molar-refractivity contribution >= 4 is 15.9 Å². The van der Waals surface area contributed by atoms with Crippen molar-refractivity contribution in [2.24, 2.45) is 0 Å². The molecule has 1 aromatic carbocycles. The first-order valence-electron chi connectivity index (χ1n) is 5.11. The first-order chi connectivity index (χ1) is 7.06. The number of aliphatic hydroxyl groups excluding tert-OH is 1. The zero-order valence-electron chi connectivity index (χ0n) is 9.50. The summed E-state index contributed by atoms with van der Waals surface area (Å²) in [4.78, 5) is 2.15. The van der Waals surface area contributed by atoms with Crippen molar-refractivity contribution < 1.29 is 5.11 Å². The van der Waals surface area contributed by atoms with Crippen LogP contribution in [0.5, 0.6) is 0 Å². The maximum atomic E-state index is 9.06. The maximum Gasteiger partial charge on any atom is 0.0584 e.